The Hall–Kier alpha value is -2.42. The lowest BCUT2D eigenvalue weighted by molar-refractivity contribution is -0.150. The first-order valence-corrected chi connectivity index (χ1v) is 19.7. The van der Waals surface area contributed by atoms with E-state index < -0.39 is 26.6 Å². The van der Waals surface area contributed by atoms with E-state index in [2.05, 4.69) is 47.0 Å². The number of carbonyl (C=O) groups excluding carboxylic acids is 2. The Balaban J connectivity index is 5.25. The third kappa shape index (κ3) is 19.6. The third-order valence-corrected chi connectivity index (χ3v) is 12.9. The van der Waals surface area contributed by atoms with E-state index in [0.717, 1.165) is 36.8 Å². The first-order chi connectivity index (χ1) is 21.1. The molecule has 0 aromatic carbocycles. The van der Waals surface area contributed by atoms with Crippen molar-refractivity contribution in [1.82, 2.24) is 0 Å². The van der Waals surface area contributed by atoms with E-state index in [0.29, 0.717) is 25.7 Å². The largest absolute Gasteiger partial charge is 0.461 e. The summed E-state index contributed by atoms with van der Waals surface area (Å²) in [5, 5.41) is 9.51. The average molecular weight is 648 g/mol. The van der Waals surface area contributed by atoms with Crippen molar-refractivity contribution >= 4 is 20.4 Å². The monoisotopic (exact) mass is 647 g/mol. The number of carbonyl (C=O) groups is 2. The molecule has 8 heteroatoms. The van der Waals surface area contributed by atoms with Crippen molar-refractivity contribution in [3.05, 3.63) is 60.8 Å². The number of hydrogen-bond donors (Lipinski definition) is 2. The fraction of sp³-hybridized carbons (Fsp3) is 0.676. The number of primary amides is 1. The van der Waals surface area contributed by atoms with Crippen molar-refractivity contribution < 1.29 is 28.6 Å². The van der Waals surface area contributed by atoms with E-state index in [1.807, 2.05) is 51.2 Å². The van der Waals surface area contributed by atoms with Gasteiger partial charge in [0.05, 0.1) is 6.61 Å². The topological polar surface area (TPSA) is 108 Å². The number of amides is 1. The fourth-order valence-corrected chi connectivity index (χ4v) is 5.93. The smallest absolute Gasteiger partial charge is 0.404 e. The Morgan fingerprint density at radius 2 is 1.56 bits per heavy atom. The van der Waals surface area contributed by atoms with E-state index in [-0.39, 0.29) is 29.6 Å². The minimum absolute atomic E-state index is 0.00487. The third-order valence-electron chi connectivity index (χ3n) is 8.47. The van der Waals surface area contributed by atoms with Gasteiger partial charge in [0, 0.05) is 18.8 Å². The molecule has 0 aromatic heterocycles. The minimum Gasteiger partial charge on any atom is -0.461 e. The SMILES string of the molecule is C=CCCCCCCCCC(=O)O[C@H](C/C(C)=C/C=C/CC[C@H](OC(N)=O)[C@H](C=C)O[Si](C)(C)C(C)(C)C)[C@H](C)/C=C(\C)CO. The molecule has 0 bridgehead atoms. The van der Waals surface area contributed by atoms with Crippen LogP contribution in [0.3, 0.4) is 0 Å². The molecular formula is C37H65NO6Si. The van der Waals surface area contributed by atoms with Gasteiger partial charge in [0.1, 0.15) is 18.3 Å². The van der Waals surface area contributed by atoms with Crippen molar-refractivity contribution in [3.63, 3.8) is 0 Å². The van der Waals surface area contributed by atoms with Crippen LogP contribution in [0.15, 0.2) is 60.8 Å². The molecule has 258 valence electrons. The van der Waals surface area contributed by atoms with E-state index in [1.54, 1.807) is 6.08 Å². The van der Waals surface area contributed by atoms with Gasteiger partial charge in [0.25, 0.3) is 0 Å². The number of ether oxygens (including phenoxy) is 2. The molecule has 0 spiro atoms. The van der Waals surface area contributed by atoms with Crippen molar-refractivity contribution in [3.8, 4) is 0 Å². The molecule has 0 aromatic rings. The lowest BCUT2D eigenvalue weighted by Gasteiger charge is -2.40. The Kier molecular flexibility index (Phi) is 21.7. The highest BCUT2D eigenvalue weighted by molar-refractivity contribution is 6.74. The molecule has 0 aliphatic heterocycles. The number of aliphatic hydroxyl groups excluding tert-OH is 1. The number of hydrogen-bond acceptors (Lipinski definition) is 6. The zero-order valence-corrected chi connectivity index (χ0v) is 30.7. The van der Waals surface area contributed by atoms with Gasteiger partial charge in [-0.15, -0.1) is 13.2 Å². The van der Waals surface area contributed by atoms with Crippen LogP contribution in [0.25, 0.3) is 0 Å². The summed E-state index contributed by atoms with van der Waals surface area (Å²) >= 11 is 0. The van der Waals surface area contributed by atoms with Crippen LogP contribution in [0.1, 0.15) is 112 Å². The molecule has 0 rings (SSSR count). The Labute approximate surface area is 276 Å². The first-order valence-electron chi connectivity index (χ1n) is 16.7. The quantitative estimate of drug-likeness (QED) is 0.0355. The molecule has 4 atom stereocenters. The maximum absolute atomic E-state index is 12.7. The van der Waals surface area contributed by atoms with Crippen LogP contribution >= 0.6 is 0 Å². The van der Waals surface area contributed by atoms with Crippen molar-refractivity contribution in [2.24, 2.45) is 11.7 Å². The molecular weight excluding hydrogens is 582 g/mol. The summed E-state index contributed by atoms with van der Waals surface area (Å²) in [6.45, 7) is 24.4. The predicted octanol–water partition coefficient (Wildman–Crippen LogP) is 9.49. The molecule has 7 nitrogen and oxygen atoms in total. The summed E-state index contributed by atoms with van der Waals surface area (Å²) in [4.78, 5) is 24.4. The second-order valence-electron chi connectivity index (χ2n) is 13.8. The van der Waals surface area contributed by atoms with E-state index in [1.165, 1.54) is 19.3 Å². The Bertz CT molecular complexity index is 978. The highest BCUT2D eigenvalue weighted by Crippen LogP contribution is 2.38. The van der Waals surface area contributed by atoms with Crippen LogP contribution in [0.5, 0.6) is 0 Å². The molecule has 1 amide bonds. The lowest BCUT2D eigenvalue weighted by Crippen LogP contribution is -2.47. The molecule has 0 saturated carbocycles. The number of rotatable bonds is 24. The number of nitrogens with two attached hydrogens (primary N) is 1. The first kappa shape index (κ1) is 42.6. The number of unbranched alkanes of at least 4 members (excludes halogenated alkanes) is 6. The molecule has 0 heterocycles. The fourth-order valence-electron chi connectivity index (χ4n) is 4.64. The summed E-state index contributed by atoms with van der Waals surface area (Å²) < 4.78 is 17.9. The van der Waals surface area contributed by atoms with Crippen LogP contribution in [0.2, 0.25) is 18.1 Å². The number of aliphatic hydroxyl groups is 1. The van der Waals surface area contributed by atoms with E-state index in [4.69, 9.17) is 19.6 Å². The van der Waals surface area contributed by atoms with Crippen LogP contribution in [-0.2, 0) is 18.7 Å². The molecule has 3 N–H and O–H groups in total. The van der Waals surface area contributed by atoms with Crippen LogP contribution in [0, 0.1) is 5.92 Å². The van der Waals surface area contributed by atoms with Crippen molar-refractivity contribution in [1.29, 1.82) is 0 Å². The second kappa shape index (κ2) is 23.0. The molecule has 0 aliphatic rings. The van der Waals surface area contributed by atoms with Gasteiger partial charge >= 0.3 is 12.1 Å². The zero-order chi connectivity index (χ0) is 34.5. The summed E-state index contributed by atoms with van der Waals surface area (Å²) in [5.41, 5.74) is 7.31. The van der Waals surface area contributed by atoms with Gasteiger partial charge in [0.2, 0.25) is 0 Å². The molecule has 0 fully saturated rings. The summed E-state index contributed by atoms with van der Waals surface area (Å²) in [7, 11) is -2.13. The maximum Gasteiger partial charge on any atom is 0.404 e. The van der Waals surface area contributed by atoms with Gasteiger partial charge < -0.3 is 24.7 Å². The van der Waals surface area contributed by atoms with Gasteiger partial charge in [-0.1, -0.05) is 101 Å². The molecule has 0 aliphatic carbocycles. The molecule has 0 radical (unpaired) electrons. The minimum atomic E-state index is -2.13. The Morgan fingerprint density at radius 3 is 2.11 bits per heavy atom. The van der Waals surface area contributed by atoms with E-state index in [9.17, 15) is 14.7 Å². The highest BCUT2D eigenvalue weighted by Gasteiger charge is 2.40. The highest BCUT2D eigenvalue weighted by atomic mass is 28.4. The standard InChI is InChI=1S/C37H65NO6Si/c1-11-13-14-15-16-17-18-22-25-35(40)42-34(31(5)26-30(4)28-39)27-29(3)23-20-19-21-24-33(43-36(38)41)32(12-2)44-45(9,10)37(6,7)8/h11-12,19-20,23,26,31-34,39H,1-2,13-18,21-22,24-25,27-28H2,3-10H3,(H2,38,41)/b20-19+,29-23+,30-26+/t31-,32+,33+,34-/m1/s1. The predicted molar refractivity (Wildman–Crippen MR) is 190 cm³/mol. The molecule has 0 unspecified atom stereocenters. The number of allylic oxidation sites excluding steroid dienone is 4. The van der Waals surface area contributed by atoms with Gasteiger partial charge in [-0.25, -0.2) is 4.79 Å². The molecule has 45 heavy (non-hydrogen) atoms. The lowest BCUT2D eigenvalue weighted by atomic mass is 9.95. The summed E-state index contributed by atoms with van der Waals surface area (Å²) in [5.74, 6) is -0.212. The van der Waals surface area contributed by atoms with Gasteiger partial charge in [-0.05, 0) is 64.1 Å². The summed E-state index contributed by atoms with van der Waals surface area (Å²) in [6.07, 6.45) is 19.3. The van der Waals surface area contributed by atoms with Crippen LogP contribution in [0.4, 0.5) is 4.79 Å². The number of esters is 1. The van der Waals surface area contributed by atoms with Crippen LogP contribution < -0.4 is 5.73 Å². The van der Waals surface area contributed by atoms with Crippen molar-refractivity contribution in [2.75, 3.05) is 6.61 Å². The zero-order valence-electron chi connectivity index (χ0n) is 29.7. The second-order valence-corrected chi connectivity index (χ2v) is 18.5. The Morgan fingerprint density at radius 1 is 0.933 bits per heavy atom. The maximum atomic E-state index is 12.7. The average Bonchev–Trinajstić information content (AvgIpc) is 2.95. The van der Waals surface area contributed by atoms with Gasteiger partial charge in [-0.2, -0.15) is 0 Å². The van der Waals surface area contributed by atoms with Gasteiger partial charge in [-0.3, -0.25) is 4.79 Å². The van der Waals surface area contributed by atoms with E-state index >= 15 is 0 Å². The molecule has 0 saturated heterocycles. The van der Waals surface area contributed by atoms with Gasteiger partial charge in [0.15, 0.2) is 8.32 Å². The van der Waals surface area contributed by atoms with Crippen molar-refractivity contribution in [2.45, 2.75) is 149 Å². The summed E-state index contributed by atoms with van der Waals surface area (Å²) in [6, 6.07) is 0. The normalized spacial score (nSPS) is 15.8. The van der Waals surface area contributed by atoms with Crippen LogP contribution in [-0.4, -0.2) is 50.4 Å².